The van der Waals surface area contributed by atoms with Crippen molar-refractivity contribution in [2.45, 2.75) is 90.9 Å². The zero-order valence-corrected chi connectivity index (χ0v) is 17.5. The van der Waals surface area contributed by atoms with E-state index in [0.29, 0.717) is 0 Å². The van der Waals surface area contributed by atoms with Gasteiger partial charge in [0.1, 0.15) is 4.32 Å². The Bertz CT molecular complexity index is 219. The zero-order valence-electron chi connectivity index (χ0n) is 16.4. The molecule has 0 heterocycles. The molecule has 0 spiro atoms. The van der Waals surface area contributed by atoms with Gasteiger partial charge in [-0.25, -0.2) is 0 Å². The fraction of sp³-hybridized carbons (Fsp3) is 0.941. The summed E-state index contributed by atoms with van der Waals surface area (Å²) in [4.78, 5) is 2.29. The Morgan fingerprint density at radius 3 is 1.43 bits per heavy atom. The molecule has 0 radical (unpaired) electrons. The molecular weight excluding hydrogens is 307 g/mol. The van der Waals surface area contributed by atoms with Crippen LogP contribution in [0, 0.1) is 0 Å². The molecule has 4 heteroatoms. The molecule has 0 N–H and O–H groups in total. The van der Waals surface area contributed by atoms with Crippen molar-refractivity contribution in [3.8, 4) is 0 Å². The van der Waals surface area contributed by atoms with Gasteiger partial charge in [0.05, 0.1) is 0 Å². The minimum Gasteiger partial charge on any atom is -1.00 e. The van der Waals surface area contributed by atoms with Crippen LogP contribution in [0.1, 0.15) is 93.8 Å². The van der Waals surface area contributed by atoms with Crippen LogP contribution in [0.25, 0.3) is 0 Å². The number of unbranched alkanes of at least 4 members (excludes halogenated alkanes) is 10. The average molecular weight is 344 g/mol. The molecule has 0 rings (SSSR count). The van der Waals surface area contributed by atoms with E-state index in [1.807, 2.05) is 0 Å². The third-order valence-corrected chi connectivity index (χ3v) is 4.37. The molecule has 0 saturated carbocycles. The van der Waals surface area contributed by atoms with E-state index >= 15 is 0 Å². The summed E-state index contributed by atoms with van der Waals surface area (Å²) >= 11 is 9.61. The minimum absolute atomic E-state index is 0. The molecule has 0 aliphatic carbocycles. The molecule has 0 amide bonds. The summed E-state index contributed by atoms with van der Waals surface area (Å²) in [6.45, 7) is 6.73. The number of hydrogen-bond acceptors (Lipinski definition) is 1. The summed E-state index contributed by atoms with van der Waals surface area (Å²) in [7, 11) is 0. The van der Waals surface area contributed by atoms with Crippen molar-refractivity contribution in [3.63, 3.8) is 0 Å². The van der Waals surface area contributed by atoms with Crippen LogP contribution < -0.4 is 0 Å². The van der Waals surface area contributed by atoms with E-state index in [0.717, 1.165) is 17.4 Å². The summed E-state index contributed by atoms with van der Waals surface area (Å²) in [5.74, 6) is 0. The van der Waals surface area contributed by atoms with E-state index in [-0.39, 0.29) is 25.9 Å². The Kier molecular flexibility index (Phi) is 22.0. The maximum Gasteiger partial charge on any atom is 2.00 e. The van der Waals surface area contributed by atoms with Crippen LogP contribution in [0.4, 0.5) is 0 Å². The van der Waals surface area contributed by atoms with E-state index in [9.17, 15) is 0 Å². The zero-order chi connectivity index (χ0) is 15.1. The first kappa shape index (κ1) is 24.3. The molecular formula is C17H37MgNS2. The number of thiocarbonyl (C=S) groups is 1. The maximum atomic E-state index is 5.25. The van der Waals surface area contributed by atoms with Gasteiger partial charge in [-0.15, -0.1) is 12.6 Å². The van der Waals surface area contributed by atoms with Gasteiger partial charge < -0.3 is 7.75 Å². The molecule has 124 valence electrons. The van der Waals surface area contributed by atoms with Gasteiger partial charge in [-0.05, 0) is 12.8 Å². The first-order chi connectivity index (χ1) is 9.72. The summed E-state index contributed by atoms with van der Waals surface area (Å²) < 4.78 is 0.784. The second kappa shape index (κ2) is 19.1. The molecule has 0 unspecified atom stereocenters. The van der Waals surface area contributed by atoms with Crippen molar-refractivity contribution in [1.82, 2.24) is 4.90 Å². The number of nitrogens with zero attached hydrogens (tertiary/aromatic N) is 1. The van der Waals surface area contributed by atoms with Gasteiger partial charge in [0.15, 0.2) is 0 Å². The molecule has 21 heavy (non-hydrogen) atoms. The van der Waals surface area contributed by atoms with E-state index in [2.05, 4.69) is 31.4 Å². The number of thiol groups is 1. The molecule has 0 aromatic heterocycles. The van der Waals surface area contributed by atoms with Crippen LogP contribution in [-0.4, -0.2) is 45.4 Å². The first-order valence-corrected chi connectivity index (χ1v) is 9.55. The molecule has 0 aliphatic rings. The topological polar surface area (TPSA) is 3.24 Å². The van der Waals surface area contributed by atoms with Gasteiger partial charge >= 0.3 is 23.1 Å². The molecule has 0 atom stereocenters. The van der Waals surface area contributed by atoms with Crippen molar-refractivity contribution in [1.29, 1.82) is 0 Å². The first-order valence-electron chi connectivity index (χ1n) is 8.70. The predicted octanol–water partition coefficient (Wildman–Crippen LogP) is 6.07. The van der Waals surface area contributed by atoms with Crippen molar-refractivity contribution in [3.05, 3.63) is 0 Å². The van der Waals surface area contributed by atoms with Gasteiger partial charge in [-0.3, -0.25) is 0 Å². The summed E-state index contributed by atoms with van der Waals surface area (Å²) in [5.41, 5.74) is 0. The van der Waals surface area contributed by atoms with Gasteiger partial charge in [0.25, 0.3) is 0 Å². The summed E-state index contributed by atoms with van der Waals surface area (Å²) in [5, 5.41) is 0. The quantitative estimate of drug-likeness (QED) is 0.176. The SMILES string of the molecule is CCCCCCCCN(CCCCCCCC)C(=S)S.[H-].[H-].[Mg+2]. The third-order valence-electron chi connectivity index (χ3n) is 3.83. The molecule has 0 aliphatic heterocycles. The van der Waals surface area contributed by atoms with Crippen LogP contribution in [0.15, 0.2) is 0 Å². The van der Waals surface area contributed by atoms with Crippen LogP contribution in [0.3, 0.4) is 0 Å². The van der Waals surface area contributed by atoms with E-state index < -0.39 is 0 Å². The number of rotatable bonds is 14. The average Bonchev–Trinajstić information content (AvgIpc) is 2.43. The largest absolute Gasteiger partial charge is 2.00 e. The Labute approximate surface area is 163 Å². The van der Waals surface area contributed by atoms with Crippen molar-refractivity contribution >= 4 is 52.2 Å². The molecule has 0 fully saturated rings. The Balaban J connectivity index is -0.000000602. The fourth-order valence-electron chi connectivity index (χ4n) is 2.47. The van der Waals surface area contributed by atoms with Crippen molar-refractivity contribution in [2.75, 3.05) is 13.1 Å². The summed E-state index contributed by atoms with van der Waals surface area (Å²) in [6, 6.07) is 0. The van der Waals surface area contributed by atoms with E-state index in [1.54, 1.807) is 0 Å². The van der Waals surface area contributed by atoms with Crippen molar-refractivity contribution in [2.24, 2.45) is 0 Å². The minimum atomic E-state index is 0. The number of hydrogen-bond donors (Lipinski definition) is 1. The van der Waals surface area contributed by atoms with Gasteiger partial charge in [-0.2, -0.15) is 0 Å². The predicted molar refractivity (Wildman–Crippen MR) is 108 cm³/mol. The Hall–Kier alpha value is 1.01. The normalized spacial score (nSPS) is 10.2. The van der Waals surface area contributed by atoms with Gasteiger partial charge in [0.2, 0.25) is 0 Å². The van der Waals surface area contributed by atoms with E-state index in [4.69, 9.17) is 12.2 Å². The molecule has 0 aromatic carbocycles. The second-order valence-corrected chi connectivity index (χ2v) is 6.92. The Morgan fingerprint density at radius 2 is 1.10 bits per heavy atom. The maximum absolute atomic E-state index is 5.25. The molecule has 1 nitrogen and oxygen atoms in total. The van der Waals surface area contributed by atoms with Crippen molar-refractivity contribution < 1.29 is 2.85 Å². The summed E-state index contributed by atoms with van der Waals surface area (Å²) in [6.07, 6.45) is 16.1. The molecule has 0 aromatic rings. The molecule has 0 bridgehead atoms. The molecule has 0 saturated heterocycles. The third kappa shape index (κ3) is 17.2. The van der Waals surface area contributed by atoms with E-state index in [1.165, 1.54) is 77.0 Å². The van der Waals surface area contributed by atoms with Crippen LogP contribution in [0.2, 0.25) is 0 Å². The van der Waals surface area contributed by atoms with Gasteiger partial charge in [0, 0.05) is 13.1 Å². The van der Waals surface area contributed by atoms with Crippen LogP contribution in [-0.2, 0) is 0 Å². The Morgan fingerprint density at radius 1 is 0.762 bits per heavy atom. The van der Waals surface area contributed by atoms with Crippen LogP contribution >= 0.6 is 24.8 Å². The standard InChI is InChI=1S/C17H35NS2.Mg.2H/c1-3-5-7-9-11-13-15-18(17(19)20)16-14-12-10-8-6-4-2;;;/h3-16H2,1-2H3,(H,19,20);;;/q;+2;2*-1. The second-order valence-electron chi connectivity index (χ2n) is 5.81. The smallest absolute Gasteiger partial charge is 1.00 e. The fourth-order valence-corrected chi connectivity index (χ4v) is 2.85. The van der Waals surface area contributed by atoms with Crippen LogP contribution in [0.5, 0.6) is 0 Å². The monoisotopic (exact) mass is 343 g/mol. The van der Waals surface area contributed by atoms with Gasteiger partial charge in [-0.1, -0.05) is 90.3 Å².